The summed E-state index contributed by atoms with van der Waals surface area (Å²) in [6.07, 6.45) is 8.68. The number of hydrogen-bond donors (Lipinski definition) is 1. The Morgan fingerprint density at radius 2 is 1.76 bits per heavy atom. The standard InChI is InChI=1S/C13H10N4/c1-2-10(12-7-14-9-15-8-12)6-11(3-1)13-16-4-5-17-13/h1-9H,(H,16,17). The van der Waals surface area contributed by atoms with Crippen LogP contribution in [0, 0.1) is 0 Å². The van der Waals surface area contributed by atoms with Crippen molar-refractivity contribution in [3.05, 3.63) is 55.4 Å². The predicted molar refractivity (Wildman–Crippen MR) is 65.0 cm³/mol. The quantitative estimate of drug-likeness (QED) is 0.724. The third kappa shape index (κ3) is 1.92. The highest BCUT2D eigenvalue weighted by Crippen LogP contribution is 2.23. The minimum absolute atomic E-state index is 0.865. The molecular weight excluding hydrogens is 212 g/mol. The van der Waals surface area contributed by atoms with Gasteiger partial charge in [0.2, 0.25) is 0 Å². The van der Waals surface area contributed by atoms with Gasteiger partial charge in [0.15, 0.2) is 0 Å². The van der Waals surface area contributed by atoms with Gasteiger partial charge < -0.3 is 4.98 Å². The van der Waals surface area contributed by atoms with Crippen LogP contribution in [0.5, 0.6) is 0 Å². The van der Waals surface area contributed by atoms with Gasteiger partial charge in [0.05, 0.1) is 0 Å². The molecule has 0 aliphatic rings. The van der Waals surface area contributed by atoms with E-state index in [2.05, 4.69) is 26.0 Å². The first kappa shape index (κ1) is 9.72. The van der Waals surface area contributed by atoms with E-state index in [1.807, 2.05) is 24.4 Å². The molecule has 0 bridgehead atoms. The fraction of sp³-hybridized carbons (Fsp3) is 0. The molecule has 0 amide bonds. The van der Waals surface area contributed by atoms with Crippen LogP contribution in [0.2, 0.25) is 0 Å². The van der Waals surface area contributed by atoms with Crippen LogP contribution in [0.4, 0.5) is 0 Å². The summed E-state index contributed by atoms with van der Waals surface area (Å²) in [7, 11) is 0. The Morgan fingerprint density at radius 1 is 0.941 bits per heavy atom. The molecule has 0 fully saturated rings. The Balaban J connectivity index is 2.06. The summed E-state index contributed by atoms with van der Waals surface area (Å²) in [5, 5.41) is 0. The first-order valence-corrected chi connectivity index (χ1v) is 5.29. The Morgan fingerprint density at radius 3 is 2.53 bits per heavy atom. The summed E-state index contributed by atoms with van der Waals surface area (Å²) >= 11 is 0. The van der Waals surface area contributed by atoms with E-state index in [9.17, 15) is 0 Å². The van der Waals surface area contributed by atoms with Crippen molar-refractivity contribution in [3.63, 3.8) is 0 Å². The molecular formula is C13H10N4. The summed E-state index contributed by atoms with van der Waals surface area (Å²) in [6.45, 7) is 0. The molecule has 4 nitrogen and oxygen atoms in total. The second kappa shape index (κ2) is 4.17. The second-order valence-electron chi connectivity index (χ2n) is 3.65. The maximum atomic E-state index is 4.23. The molecule has 3 aromatic rings. The summed E-state index contributed by atoms with van der Waals surface area (Å²) in [6, 6.07) is 8.12. The lowest BCUT2D eigenvalue weighted by atomic mass is 10.1. The van der Waals surface area contributed by atoms with Crippen molar-refractivity contribution < 1.29 is 0 Å². The smallest absolute Gasteiger partial charge is 0.137 e. The van der Waals surface area contributed by atoms with Crippen LogP contribution in [0.3, 0.4) is 0 Å². The van der Waals surface area contributed by atoms with Gasteiger partial charge in [-0.15, -0.1) is 0 Å². The van der Waals surface area contributed by atoms with Crippen LogP contribution in [0.25, 0.3) is 22.5 Å². The number of aromatic nitrogens is 4. The van der Waals surface area contributed by atoms with Crippen LogP contribution in [-0.2, 0) is 0 Å². The van der Waals surface area contributed by atoms with Gasteiger partial charge in [0.25, 0.3) is 0 Å². The molecule has 3 rings (SSSR count). The van der Waals surface area contributed by atoms with Gasteiger partial charge in [0.1, 0.15) is 12.2 Å². The van der Waals surface area contributed by atoms with E-state index in [1.165, 1.54) is 6.33 Å². The molecule has 0 saturated carbocycles. The monoisotopic (exact) mass is 222 g/mol. The zero-order valence-corrected chi connectivity index (χ0v) is 9.04. The molecule has 0 radical (unpaired) electrons. The van der Waals surface area contributed by atoms with Gasteiger partial charge in [0, 0.05) is 35.9 Å². The molecule has 1 N–H and O–H groups in total. The Kier molecular flexibility index (Phi) is 2.38. The van der Waals surface area contributed by atoms with Gasteiger partial charge in [-0.1, -0.05) is 18.2 Å². The van der Waals surface area contributed by atoms with Gasteiger partial charge >= 0.3 is 0 Å². The SMILES string of the molecule is c1cc(-c2cncnc2)cc(-c2ncc[nH]2)c1. The number of H-pyrrole nitrogens is 1. The fourth-order valence-electron chi connectivity index (χ4n) is 1.72. The third-order valence-electron chi connectivity index (χ3n) is 2.53. The predicted octanol–water partition coefficient (Wildman–Crippen LogP) is 2.53. The third-order valence-corrected chi connectivity index (χ3v) is 2.53. The molecule has 82 valence electrons. The number of nitrogens with zero attached hydrogens (tertiary/aromatic N) is 3. The van der Waals surface area contributed by atoms with E-state index in [4.69, 9.17) is 0 Å². The Bertz CT molecular complexity index is 602. The fourth-order valence-corrected chi connectivity index (χ4v) is 1.72. The van der Waals surface area contributed by atoms with Crippen LogP contribution < -0.4 is 0 Å². The second-order valence-corrected chi connectivity index (χ2v) is 3.65. The molecule has 2 aromatic heterocycles. The maximum Gasteiger partial charge on any atom is 0.137 e. The molecule has 0 aliphatic heterocycles. The number of aromatic amines is 1. The van der Waals surface area contributed by atoms with Crippen LogP contribution in [0.1, 0.15) is 0 Å². The van der Waals surface area contributed by atoms with Crippen LogP contribution in [-0.4, -0.2) is 19.9 Å². The van der Waals surface area contributed by atoms with E-state index in [-0.39, 0.29) is 0 Å². The van der Waals surface area contributed by atoms with Crippen molar-refractivity contribution in [3.8, 4) is 22.5 Å². The average Bonchev–Trinajstić information content (AvgIpc) is 2.94. The molecule has 0 saturated heterocycles. The lowest BCUT2D eigenvalue weighted by Crippen LogP contribution is -1.84. The van der Waals surface area contributed by atoms with E-state index in [0.29, 0.717) is 0 Å². The van der Waals surface area contributed by atoms with Crippen LogP contribution >= 0.6 is 0 Å². The summed E-state index contributed by atoms with van der Waals surface area (Å²) in [5.41, 5.74) is 3.14. The molecule has 1 aromatic carbocycles. The van der Waals surface area contributed by atoms with Gasteiger partial charge in [-0.25, -0.2) is 15.0 Å². The van der Waals surface area contributed by atoms with E-state index < -0.39 is 0 Å². The van der Waals surface area contributed by atoms with Gasteiger partial charge in [-0.05, 0) is 11.6 Å². The summed E-state index contributed by atoms with van der Waals surface area (Å²) < 4.78 is 0. The number of rotatable bonds is 2. The van der Waals surface area contributed by atoms with Crippen molar-refractivity contribution in [2.75, 3.05) is 0 Å². The van der Waals surface area contributed by atoms with E-state index >= 15 is 0 Å². The molecule has 4 heteroatoms. The molecule has 0 unspecified atom stereocenters. The summed E-state index contributed by atoms with van der Waals surface area (Å²) in [4.78, 5) is 15.4. The van der Waals surface area contributed by atoms with Crippen molar-refractivity contribution in [1.82, 2.24) is 19.9 Å². The topological polar surface area (TPSA) is 54.5 Å². The Labute approximate surface area is 98.4 Å². The van der Waals surface area contributed by atoms with Crippen molar-refractivity contribution >= 4 is 0 Å². The highest BCUT2D eigenvalue weighted by atomic mass is 14.9. The zero-order valence-electron chi connectivity index (χ0n) is 9.04. The molecule has 2 heterocycles. The lowest BCUT2D eigenvalue weighted by Gasteiger charge is -2.02. The minimum atomic E-state index is 0.865. The van der Waals surface area contributed by atoms with Crippen molar-refractivity contribution in [2.45, 2.75) is 0 Å². The Hall–Kier alpha value is -2.49. The van der Waals surface area contributed by atoms with Crippen molar-refractivity contribution in [2.24, 2.45) is 0 Å². The number of nitrogens with one attached hydrogen (secondary N) is 1. The maximum absolute atomic E-state index is 4.23. The van der Waals surface area contributed by atoms with Crippen molar-refractivity contribution in [1.29, 1.82) is 0 Å². The molecule has 0 aliphatic carbocycles. The van der Waals surface area contributed by atoms with Gasteiger partial charge in [-0.2, -0.15) is 0 Å². The largest absolute Gasteiger partial charge is 0.345 e. The number of benzene rings is 1. The normalized spacial score (nSPS) is 10.4. The van der Waals surface area contributed by atoms with Gasteiger partial charge in [-0.3, -0.25) is 0 Å². The minimum Gasteiger partial charge on any atom is -0.345 e. The molecule has 17 heavy (non-hydrogen) atoms. The van der Waals surface area contributed by atoms with E-state index in [1.54, 1.807) is 18.6 Å². The molecule has 0 spiro atoms. The first-order valence-electron chi connectivity index (χ1n) is 5.29. The van der Waals surface area contributed by atoms with E-state index in [0.717, 1.165) is 22.5 Å². The summed E-state index contributed by atoms with van der Waals surface area (Å²) in [5.74, 6) is 0.865. The zero-order chi connectivity index (χ0) is 11.5. The first-order chi connectivity index (χ1) is 8.43. The highest BCUT2D eigenvalue weighted by molar-refractivity contribution is 5.68. The number of hydrogen-bond acceptors (Lipinski definition) is 3. The van der Waals surface area contributed by atoms with Crippen LogP contribution in [0.15, 0.2) is 55.4 Å². The lowest BCUT2D eigenvalue weighted by molar-refractivity contribution is 1.17. The number of imidazole rings is 1. The highest BCUT2D eigenvalue weighted by Gasteiger charge is 2.02. The average molecular weight is 222 g/mol. The molecule has 0 atom stereocenters.